The molecule has 1 aromatic carbocycles. The SMILES string of the molecule is COc1cccc(NCCCCCSC)c1[N+](=O)[O-]. The van der Waals surface area contributed by atoms with Gasteiger partial charge in [0, 0.05) is 6.54 Å². The van der Waals surface area contributed by atoms with Crippen LogP contribution in [0.1, 0.15) is 19.3 Å². The molecule has 0 saturated carbocycles. The van der Waals surface area contributed by atoms with E-state index in [9.17, 15) is 10.1 Å². The van der Waals surface area contributed by atoms with Crippen molar-refractivity contribution in [2.24, 2.45) is 0 Å². The van der Waals surface area contributed by atoms with Gasteiger partial charge < -0.3 is 10.1 Å². The maximum absolute atomic E-state index is 11.1. The number of hydrogen-bond donors (Lipinski definition) is 1. The van der Waals surface area contributed by atoms with Crippen LogP contribution >= 0.6 is 11.8 Å². The lowest BCUT2D eigenvalue weighted by atomic mass is 10.2. The van der Waals surface area contributed by atoms with Crippen LogP contribution in [0.5, 0.6) is 5.75 Å². The number of thioether (sulfide) groups is 1. The maximum atomic E-state index is 11.1. The molecule has 0 aliphatic rings. The van der Waals surface area contributed by atoms with Gasteiger partial charge in [-0.15, -0.1) is 0 Å². The van der Waals surface area contributed by atoms with E-state index in [0.29, 0.717) is 5.69 Å². The number of nitro benzene ring substituents is 1. The Bertz CT molecular complexity index is 413. The van der Waals surface area contributed by atoms with E-state index in [4.69, 9.17) is 4.74 Å². The number of nitrogens with zero attached hydrogens (tertiary/aromatic N) is 1. The van der Waals surface area contributed by atoms with Gasteiger partial charge in [0.2, 0.25) is 0 Å². The van der Waals surface area contributed by atoms with E-state index in [-0.39, 0.29) is 11.4 Å². The molecular formula is C13H20N2O3S. The van der Waals surface area contributed by atoms with Gasteiger partial charge in [-0.1, -0.05) is 12.5 Å². The first kappa shape index (κ1) is 15.6. The summed E-state index contributed by atoms with van der Waals surface area (Å²) in [7, 11) is 1.44. The molecule has 19 heavy (non-hydrogen) atoms. The first-order valence-electron chi connectivity index (χ1n) is 6.25. The van der Waals surface area contributed by atoms with Crippen molar-refractivity contribution in [1.29, 1.82) is 0 Å². The first-order chi connectivity index (χ1) is 9.20. The van der Waals surface area contributed by atoms with Crippen LogP contribution in [0.15, 0.2) is 18.2 Å². The van der Waals surface area contributed by atoms with Gasteiger partial charge in [-0.2, -0.15) is 11.8 Å². The summed E-state index contributed by atoms with van der Waals surface area (Å²) < 4.78 is 5.02. The second-order valence-electron chi connectivity index (χ2n) is 4.09. The molecule has 1 rings (SSSR count). The van der Waals surface area contributed by atoms with Crippen molar-refractivity contribution < 1.29 is 9.66 Å². The Kier molecular flexibility index (Phi) is 7.10. The lowest BCUT2D eigenvalue weighted by molar-refractivity contribution is -0.384. The van der Waals surface area contributed by atoms with Crippen LogP contribution in [0.3, 0.4) is 0 Å². The summed E-state index contributed by atoms with van der Waals surface area (Å²) in [6, 6.07) is 5.06. The van der Waals surface area contributed by atoms with Crippen molar-refractivity contribution in [3.8, 4) is 5.75 Å². The molecule has 0 amide bonds. The predicted octanol–water partition coefficient (Wildman–Crippen LogP) is 3.55. The summed E-state index contributed by atoms with van der Waals surface area (Å²) in [6.07, 6.45) is 5.42. The standard InChI is InChI=1S/C13H20N2O3S/c1-18-12-8-6-7-11(13(12)15(16)17)14-9-4-3-5-10-19-2/h6-8,14H,3-5,9-10H2,1-2H3. The summed E-state index contributed by atoms with van der Waals surface area (Å²) in [6.45, 7) is 0.738. The molecule has 106 valence electrons. The fourth-order valence-electron chi connectivity index (χ4n) is 1.79. The van der Waals surface area contributed by atoms with Crippen molar-refractivity contribution in [3.63, 3.8) is 0 Å². The first-order valence-corrected chi connectivity index (χ1v) is 7.64. The third-order valence-corrected chi connectivity index (χ3v) is 3.44. The van der Waals surface area contributed by atoms with Gasteiger partial charge in [0.05, 0.1) is 12.0 Å². The molecule has 0 atom stereocenters. The van der Waals surface area contributed by atoms with Crippen LogP contribution < -0.4 is 10.1 Å². The molecule has 0 radical (unpaired) electrons. The van der Waals surface area contributed by atoms with E-state index >= 15 is 0 Å². The average molecular weight is 284 g/mol. The zero-order valence-corrected chi connectivity index (χ0v) is 12.2. The van der Waals surface area contributed by atoms with Crippen LogP contribution in [0, 0.1) is 10.1 Å². The summed E-state index contributed by atoms with van der Waals surface area (Å²) >= 11 is 1.84. The zero-order valence-electron chi connectivity index (χ0n) is 11.3. The van der Waals surface area contributed by atoms with Crippen LogP contribution in [0.2, 0.25) is 0 Å². The molecule has 0 spiro atoms. The Hall–Kier alpha value is -1.43. The van der Waals surface area contributed by atoms with Gasteiger partial charge in [-0.05, 0) is 37.0 Å². The van der Waals surface area contributed by atoms with Crippen LogP contribution in [0.4, 0.5) is 11.4 Å². The minimum atomic E-state index is -0.408. The number of nitro groups is 1. The zero-order chi connectivity index (χ0) is 14.1. The fraction of sp³-hybridized carbons (Fsp3) is 0.538. The van der Waals surface area contributed by atoms with Gasteiger partial charge in [-0.3, -0.25) is 10.1 Å². The molecule has 0 aromatic heterocycles. The largest absolute Gasteiger partial charge is 0.490 e. The third-order valence-electron chi connectivity index (χ3n) is 2.74. The number of unbranched alkanes of at least 4 members (excludes halogenated alkanes) is 2. The molecule has 5 nitrogen and oxygen atoms in total. The smallest absolute Gasteiger partial charge is 0.333 e. The summed E-state index contributed by atoms with van der Waals surface area (Å²) in [5.74, 6) is 1.46. The molecule has 0 aliphatic carbocycles. The normalized spacial score (nSPS) is 10.2. The number of benzene rings is 1. The van der Waals surface area contributed by atoms with Crippen LogP contribution in [-0.4, -0.2) is 30.6 Å². The van der Waals surface area contributed by atoms with E-state index in [1.807, 2.05) is 11.8 Å². The van der Waals surface area contributed by atoms with E-state index in [1.54, 1.807) is 18.2 Å². The second kappa shape index (κ2) is 8.63. The Balaban J connectivity index is 2.55. The van der Waals surface area contributed by atoms with E-state index in [1.165, 1.54) is 19.3 Å². The Labute approximate surface area is 117 Å². The average Bonchev–Trinajstić information content (AvgIpc) is 2.42. The lowest BCUT2D eigenvalue weighted by Gasteiger charge is -2.09. The van der Waals surface area contributed by atoms with E-state index < -0.39 is 4.92 Å². The van der Waals surface area contributed by atoms with Gasteiger partial charge in [0.25, 0.3) is 0 Å². The Morgan fingerprint density at radius 2 is 2.16 bits per heavy atom. The fourth-order valence-corrected chi connectivity index (χ4v) is 2.28. The summed E-state index contributed by atoms with van der Waals surface area (Å²) in [5, 5.41) is 14.2. The van der Waals surface area contributed by atoms with Crippen molar-refractivity contribution >= 4 is 23.1 Å². The monoisotopic (exact) mass is 284 g/mol. The molecule has 0 heterocycles. The highest BCUT2D eigenvalue weighted by Gasteiger charge is 2.19. The quantitative estimate of drug-likeness (QED) is 0.427. The molecular weight excluding hydrogens is 264 g/mol. The van der Waals surface area contributed by atoms with Crippen molar-refractivity contribution in [2.75, 3.05) is 31.0 Å². The van der Waals surface area contributed by atoms with Crippen molar-refractivity contribution in [1.82, 2.24) is 0 Å². The molecule has 6 heteroatoms. The highest BCUT2D eigenvalue weighted by molar-refractivity contribution is 7.98. The Morgan fingerprint density at radius 3 is 2.79 bits per heavy atom. The van der Waals surface area contributed by atoms with Crippen molar-refractivity contribution in [3.05, 3.63) is 28.3 Å². The minimum Gasteiger partial charge on any atom is -0.490 e. The second-order valence-corrected chi connectivity index (χ2v) is 5.08. The minimum absolute atomic E-state index is 0.00844. The van der Waals surface area contributed by atoms with Crippen LogP contribution in [-0.2, 0) is 0 Å². The number of nitrogens with one attached hydrogen (secondary N) is 1. The highest BCUT2D eigenvalue weighted by atomic mass is 32.2. The summed E-state index contributed by atoms with van der Waals surface area (Å²) in [4.78, 5) is 10.7. The van der Waals surface area contributed by atoms with Gasteiger partial charge in [-0.25, -0.2) is 0 Å². The molecule has 0 aliphatic heterocycles. The molecule has 0 saturated heterocycles. The van der Waals surface area contributed by atoms with Gasteiger partial charge in [0.1, 0.15) is 5.69 Å². The number of anilines is 1. The third kappa shape index (κ3) is 4.98. The number of rotatable bonds is 9. The predicted molar refractivity (Wildman–Crippen MR) is 80.4 cm³/mol. The van der Waals surface area contributed by atoms with E-state index in [2.05, 4.69) is 11.6 Å². The number of para-hydroxylation sites is 1. The van der Waals surface area contributed by atoms with Gasteiger partial charge in [0.15, 0.2) is 5.75 Å². The topological polar surface area (TPSA) is 64.4 Å². The lowest BCUT2D eigenvalue weighted by Crippen LogP contribution is -2.05. The number of methoxy groups -OCH3 is 1. The Morgan fingerprint density at radius 1 is 1.37 bits per heavy atom. The van der Waals surface area contributed by atoms with Crippen LogP contribution in [0.25, 0.3) is 0 Å². The van der Waals surface area contributed by atoms with E-state index in [0.717, 1.165) is 19.4 Å². The van der Waals surface area contributed by atoms with Gasteiger partial charge >= 0.3 is 5.69 Å². The highest BCUT2D eigenvalue weighted by Crippen LogP contribution is 2.34. The van der Waals surface area contributed by atoms with Crippen molar-refractivity contribution in [2.45, 2.75) is 19.3 Å². The molecule has 0 unspecified atom stereocenters. The maximum Gasteiger partial charge on any atom is 0.333 e. The number of ether oxygens (including phenoxy) is 1. The molecule has 1 N–H and O–H groups in total. The molecule has 1 aromatic rings. The summed E-state index contributed by atoms with van der Waals surface area (Å²) in [5.41, 5.74) is 0.531. The molecule has 0 fully saturated rings. The number of hydrogen-bond acceptors (Lipinski definition) is 5. The molecule has 0 bridgehead atoms.